The number of phosphoric ester groups is 1. The maximum absolute atomic E-state index is 11.7. The molecule has 0 aromatic rings. The number of unbranched alkanes of at least 4 members (excludes halogenated alkanes) is 13. The van der Waals surface area contributed by atoms with Gasteiger partial charge in [0.05, 0.1) is 12.7 Å². The van der Waals surface area contributed by atoms with Crippen LogP contribution in [-0.2, 0) is 13.9 Å². The fourth-order valence-electron chi connectivity index (χ4n) is 3.04. The number of carbonyl (C=O) groups is 1. The van der Waals surface area contributed by atoms with Crippen molar-refractivity contribution in [1.29, 1.82) is 0 Å². The quantitative estimate of drug-likeness (QED) is 0.170. The Morgan fingerprint density at radius 1 is 0.857 bits per heavy atom. The largest absolute Gasteiger partial charge is 0.469 e. The summed E-state index contributed by atoms with van der Waals surface area (Å²) in [5, 5.41) is 12.0. The topological polar surface area (TPSA) is 116 Å². The maximum atomic E-state index is 11.7. The number of hydrogen-bond donors (Lipinski definition) is 4. The second kappa shape index (κ2) is 18.6. The van der Waals surface area contributed by atoms with Crippen LogP contribution in [0.1, 0.15) is 103 Å². The van der Waals surface area contributed by atoms with Crippen LogP contribution in [0.5, 0.6) is 0 Å². The van der Waals surface area contributed by atoms with Gasteiger partial charge >= 0.3 is 7.82 Å². The van der Waals surface area contributed by atoms with Gasteiger partial charge in [-0.15, -0.1) is 0 Å². The van der Waals surface area contributed by atoms with E-state index in [4.69, 9.17) is 9.79 Å². The second-order valence-corrected chi connectivity index (χ2v) is 8.83. The Labute approximate surface area is 170 Å². The van der Waals surface area contributed by atoms with Crippen molar-refractivity contribution >= 4 is 13.7 Å². The first kappa shape index (κ1) is 27.5. The Balaban J connectivity index is 3.31. The smallest absolute Gasteiger partial charge is 0.389 e. The third-order valence-electron chi connectivity index (χ3n) is 4.73. The molecule has 28 heavy (non-hydrogen) atoms. The molecule has 0 aliphatic carbocycles. The van der Waals surface area contributed by atoms with Gasteiger partial charge in [-0.1, -0.05) is 90.4 Å². The van der Waals surface area contributed by atoms with Crippen LogP contribution in [0.15, 0.2) is 0 Å². The third kappa shape index (κ3) is 21.8. The van der Waals surface area contributed by atoms with E-state index in [1.807, 2.05) is 0 Å². The van der Waals surface area contributed by atoms with Gasteiger partial charge in [0.25, 0.3) is 0 Å². The van der Waals surface area contributed by atoms with Crippen molar-refractivity contribution in [3.05, 3.63) is 0 Å². The summed E-state index contributed by atoms with van der Waals surface area (Å²) in [4.78, 5) is 28.7. The molecule has 0 heterocycles. The summed E-state index contributed by atoms with van der Waals surface area (Å²) in [6.45, 7) is 1.67. The zero-order valence-corrected chi connectivity index (χ0v) is 18.5. The molecular weight excluding hydrogens is 381 g/mol. The van der Waals surface area contributed by atoms with E-state index in [0.717, 1.165) is 19.3 Å². The molecule has 0 radical (unpaired) electrons. The molecule has 0 spiro atoms. The Morgan fingerprint density at radius 2 is 1.29 bits per heavy atom. The number of aliphatic hydroxyl groups excluding tert-OH is 1. The van der Waals surface area contributed by atoms with Gasteiger partial charge in [-0.3, -0.25) is 9.32 Å². The average molecular weight is 424 g/mol. The molecule has 1 amide bonds. The van der Waals surface area contributed by atoms with Gasteiger partial charge < -0.3 is 20.2 Å². The molecule has 0 aromatic heterocycles. The van der Waals surface area contributed by atoms with Crippen molar-refractivity contribution in [3.8, 4) is 0 Å². The van der Waals surface area contributed by atoms with E-state index < -0.39 is 20.5 Å². The van der Waals surface area contributed by atoms with Gasteiger partial charge in [0.15, 0.2) is 0 Å². The van der Waals surface area contributed by atoms with Crippen LogP contribution in [0.2, 0.25) is 0 Å². The summed E-state index contributed by atoms with van der Waals surface area (Å²) in [5.41, 5.74) is 0. The minimum Gasteiger partial charge on any atom is -0.389 e. The highest BCUT2D eigenvalue weighted by molar-refractivity contribution is 7.46. The number of rotatable bonds is 20. The van der Waals surface area contributed by atoms with Gasteiger partial charge in [0.2, 0.25) is 5.91 Å². The number of amides is 1. The van der Waals surface area contributed by atoms with Crippen molar-refractivity contribution in [2.24, 2.45) is 0 Å². The first-order chi connectivity index (χ1) is 13.3. The molecule has 0 saturated heterocycles. The van der Waals surface area contributed by atoms with E-state index in [1.165, 1.54) is 70.6 Å². The van der Waals surface area contributed by atoms with Crippen molar-refractivity contribution in [3.63, 3.8) is 0 Å². The monoisotopic (exact) mass is 423 g/mol. The lowest BCUT2D eigenvalue weighted by molar-refractivity contribution is -0.121. The number of aliphatic hydroxyl groups is 1. The van der Waals surface area contributed by atoms with Crippen LogP contribution in [0, 0.1) is 0 Å². The molecule has 4 N–H and O–H groups in total. The molecule has 0 saturated carbocycles. The average Bonchev–Trinajstić information content (AvgIpc) is 2.64. The van der Waals surface area contributed by atoms with Crippen LogP contribution >= 0.6 is 7.82 Å². The Kier molecular flexibility index (Phi) is 18.3. The molecular formula is C20H42NO6P. The van der Waals surface area contributed by atoms with Crippen LogP contribution in [-0.4, -0.2) is 40.1 Å². The van der Waals surface area contributed by atoms with Crippen LogP contribution < -0.4 is 5.32 Å². The molecule has 0 aliphatic heterocycles. The maximum Gasteiger partial charge on any atom is 0.469 e. The number of phosphoric acid groups is 1. The third-order valence-corrected chi connectivity index (χ3v) is 5.21. The van der Waals surface area contributed by atoms with Gasteiger partial charge in [-0.25, -0.2) is 4.57 Å². The van der Waals surface area contributed by atoms with Crippen molar-refractivity contribution in [1.82, 2.24) is 5.32 Å². The van der Waals surface area contributed by atoms with E-state index in [2.05, 4.69) is 16.8 Å². The lowest BCUT2D eigenvalue weighted by Crippen LogP contribution is -2.34. The Morgan fingerprint density at radius 3 is 1.71 bits per heavy atom. The molecule has 7 nitrogen and oxygen atoms in total. The van der Waals surface area contributed by atoms with E-state index in [9.17, 15) is 14.5 Å². The SMILES string of the molecule is CCCCCCCCCCCCCCCCC(=O)NCC(O)COP(=O)(O)O. The summed E-state index contributed by atoms with van der Waals surface area (Å²) >= 11 is 0. The van der Waals surface area contributed by atoms with Gasteiger partial charge in [-0.2, -0.15) is 0 Å². The highest BCUT2D eigenvalue weighted by atomic mass is 31.2. The summed E-state index contributed by atoms with van der Waals surface area (Å²) in [6, 6.07) is 0. The Hall–Kier alpha value is -0.460. The van der Waals surface area contributed by atoms with Gasteiger partial charge in [0.1, 0.15) is 0 Å². The fourth-order valence-corrected chi connectivity index (χ4v) is 3.41. The number of carbonyl (C=O) groups excluding carboxylic acids is 1. The fraction of sp³-hybridized carbons (Fsp3) is 0.950. The second-order valence-electron chi connectivity index (χ2n) is 7.59. The van der Waals surface area contributed by atoms with Crippen molar-refractivity contribution < 1.29 is 28.8 Å². The number of nitrogens with one attached hydrogen (secondary N) is 1. The standard InChI is InChI=1S/C20H42NO6P/c1-2-3-4-5-6-7-8-9-10-11-12-13-14-15-16-20(23)21-17-19(22)18-27-28(24,25)26/h19,22H,2-18H2,1H3,(H,21,23)(H2,24,25,26). The molecule has 0 fully saturated rings. The van der Waals surface area contributed by atoms with E-state index >= 15 is 0 Å². The van der Waals surface area contributed by atoms with E-state index in [1.54, 1.807) is 0 Å². The van der Waals surface area contributed by atoms with E-state index in [0.29, 0.717) is 6.42 Å². The normalized spacial score (nSPS) is 12.9. The van der Waals surface area contributed by atoms with Crippen LogP contribution in [0.25, 0.3) is 0 Å². The minimum atomic E-state index is -4.58. The lowest BCUT2D eigenvalue weighted by Gasteiger charge is -2.12. The number of hydrogen-bond acceptors (Lipinski definition) is 4. The summed E-state index contributed by atoms with van der Waals surface area (Å²) in [5.74, 6) is -0.158. The molecule has 1 atom stereocenters. The molecule has 0 aromatic carbocycles. The predicted octanol–water partition coefficient (Wildman–Crippen LogP) is 4.44. The predicted molar refractivity (Wildman–Crippen MR) is 112 cm³/mol. The van der Waals surface area contributed by atoms with Gasteiger partial charge in [-0.05, 0) is 6.42 Å². The van der Waals surface area contributed by atoms with Crippen LogP contribution in [0.4, 0.5) is 0 Å². The van der Waals surface area contributed by atoms with Crippen LogP contribution in [0.3, 0.4) is 0 Å². The van der Waals surface area contributed by atoms with Crippen molar-refractivity contribution in [2.45, 2.75) is 109 Å². The molecule has 0 bridgehead atoms. The highest BCUT2D eigenvalue weighted by Gasteiger charge is 2.17. The molecule has 8 heteroatoms. The first-order valence-electron chi connectivity index (χ1n) is 11.0. The zero-order chi connectivity index (χ0) is 21.1. The summed E-state index contributed by atoms with van der Waals surface area (Å²) < 4.78 is 14.7. The summed E-state index contributed by atoms with van der Waals surface area (Å²) in [7, 11) is -4.58. The molecule has 0 rings (SSSR count). The summed E-state index contributed by atoms with van der Waals surface area (Å²) in [6.07, 6.45) is 17.0. The zero-order valence-electron chi connectivity index (χ0n) is 17.6. The lowest BCUT2D eigenvalue weighted by atomic mass is 10.0. The minimum absolute atomic E-state index is 0.0720. The molecule has 0 aliphatic rings. The Bertz CT molecular complexity index is 416. The molecule has 168 valence electrons. The van der Waals surface area contributed by atoms with Gasteiger partial charge in [0, 0.05) is 13.0 Å². The molecule has 1 unspecified atom stereocenters. The highest BCUT2D eigenvalue weighted by Crippen LogP contribution is 2.35. The van der Waals surface area contributed by atoms with E-state index in [-0.39, 0.29) is 12.5 Å². The first-order valence-corrected chi connectivity index (χ1v) is 12.5. The van der Waals surface area contributed by atoms with Crippen molar-refractivity contribution in [2.75, 3.05) is 13.2 Å².